The third-order valence-corrected chi connectivity index (χ3v) is 2.96. The van der Waals surface area contributed by atoms with E-state index < -0.39 is 10.4 Å². The second-order valence-corrected chi connectivity index (χ2v) is 5.48. The lowest BCUT2D eigenvalue weighted by Crippen LogP contribution is -2.50. The molecular weight excluding hydrogens is 296 g/mol. The van der Waals surface area contributed by atoms with E-state index in [1.54, 1.807) is 0 Å². The fourth-order valence-corrected chi connectivity index (χ4v) is 1.99. The van der Waals surface area contributed by atoms with Crippen LogP contribution in [0.2, 0.25) is 0 Å². The zero-order valence-electron chi connectivity index (χ0n) is 11.5. The number of nitrogens with two attached hydrogens (primary N) is 1. The van der Waals surface area contributed by atoms with Gasteiger partial charge in [0.25, 0.3) is 0 Å². The van der Waals surface area contributed by atoms with Gasteiger partial charge in [0.05, 0.1) is 0 Å². The van der Waals surface area contributed by atoms with Gasteiger partial charge in [-0.05, 0) is 5.56 Å². The number of nitrogens with zero attached hydrogens (tertiary/aromatic N) is 2. The summed E-state index contributed by atoms with van der Waals surface area (Å²) < 4.78 is 31.6. The van der Waals surface area contributed by atoms with Crippen LogP contribution in [0.1, 0.15) is 5.56 Å². The van der Waals surface area contributed by atoms with Crippen molar-refractivity contribution in [3.63, 3.8) is 0 Å². The van der Waals surface area contributed by atoms with Crippen molar-refractivity contribution in [2.75, 3.05) is 26.2 Å². The first-order valence-corrected chi connectivity index (χ1v) is 7.70. The maximum atomic E-state index is 8.74. The molecule has 1 aliphatic heterocycles. The maximum Gasteiger partial charge on any atom is 0.394 e. The van der Waals surface area contributed by atoms with Gasteiger partial charge in [-0.1, -0.05) is 30.3 Å². The van der Waals surface area contributed by atoms with Gasteiger partial charge >= 0.3 is 10.4 Å². The van der Waals surface area contributed by atoms with Crippen molar-refractivity contribution in [2.45, 2.75) is 6.54 Å². The first-order chi connectivity index (χ1) is 9.75. The average Bonchev–Trinajstić information content (AvgIpc) is 2.38. The van der Waals surface area contributed by atoms with E-state index in [2.05, 4.69) is 29.2 Å². The second kappa shape index (κ2) is 7.93. The van der Waals surface area contributed by atoms with Crippen molar-refractivity contribution < 1.29 is 17.5 Å². The summed E-state index contributed by atoms with van der Waals surface area (Å²) in [5, 5.41) is 7.36. The van der Waals surface area contributed by atoms with Crippen LogP contribution in [0.4, 0.5) is 0 Å². The molecule has 1 aromatic carbocycles. The Labute approximate surface area is 124 Å². The normalized spacial score (nSPS) is 16.0. The van der Waals surface area contributed by atoms with Crippen molar-refractivity contribution in [1.82, 2.24) is 9.80 Å². The smallest absolute Gasteiger partial charge is 0.370 e. The number of benzene rings is 1. The van der Waals surface area contributed by atoms with Crippen LogP contribution in [0, 0.1) is 5.41 Å². The van der Waals surface area contributed by atoms with Gasteiger partial charge in [0.2, 0.25) is 0 Å². The Morgan fingerprint density at radius 3 is 2.05 bits per heavy atom. The lowest BCUT2D eigenvalue weighted by atomic mass is 10.2. The number of nitrogens with one attached hydrogen (secondary N) is 1. The van der Waals surface area contributed by atoms with Gasteiger partial charge in [-0.25, -0.2) is 0 Å². The highest BCUT2D eigenvalue weighted by Gasteiger charge is 2.17. The van der Waals surface area contributed by atoms with E-state index in [1.165, 1.54) is 5.56 Å². The largest absolute Gasteiger partial charge is 0.394 e. The topological polar surface area (TPSA) is 131 Å². The number of rotatable bonds is 2. The maximum absolute atomic E-state index is 8.74. The van der Waals surface area contributed by atoms with Gasteiger partial charge < -0.3 is 10.6 Å². The Balaban J connectivity index is 0.000000383. The lowest BCUT2D eigenvalue weighted by Gasteiger charge is -2.34. The summed E-state index contributed by atoms with van der Waals surface area (Å²) in [6.45, 7) is 4.68. The first kappa shape index (κ1) is 17.4. The Kier molecular flexibility index (Phi) is 6.56. The molecule has 0 aromatic heterocycles. The van der Waals surface area contributed by atoms with E-state index in [0.717, 1.165) is 32.7 Å². The first-order valence-electron chi connectivity index (χ1n) is 6.31. The Morgan fingerprint density at radius 2 is 1.62 bits per heavy atom. The molecule has 2 rings (SSSR count). The minimum Gasteiger partial charge on any atom is -0.370 e. The quantitative estimate of drug-likeness (QED) is 0.344. The van der Waals surface area contributed by atoms with Crippen LogP contribution in [0.15, 0.2) is 30.3 Å². The van der Waals surface area contributed by atoms with E-state index in [-0.39, 0.29) is 5.96 Å². The Morgan fingerprint density at radius 1 is 1.14 bits per heavy atom. The summed E-state index contributed by atoms with van der Waals surface area (Å²) in [4.78, 5) is 4.32. The predicted molar refractivity (Wildman–Crippen MR) is 79.4 cm³/mol. The predicted octanol–water partition coefficient (Wildman–Crippen LogP) is 0.0449. The zero-order valence-corrected chi connectivity index (χ0v) is 12.3. The van der Waals surface area contributed by atoms with E-state index in [0.29, 0.717) is 0 Å². The van der Waals surface area contributed by atoms with Gasteiger partial charge in [0.15, 0.2) is 5.96 Å². The molecule has 118 valence electrons. The fraction of sp³-hybridized carbons (Fsp3) is 0.417. The molecule has 9 heteroatoms. The fourth-order valence-electron chi connectivity index (χ4n) is 1.99. The average molecular weight is 316 g/mol. The highest BCUT2D eigenvalue weighted by molar-refractivity contribution is 7.79. The molecule has 5 N–H and O–H groups in total. The van der Waals surface area contributed by atoms with Crippen LogP contribution in [0.25, 0.3) is 0 Å². The van der Waals surface area contributed by atoms with Gasteiger partial charge in [-0.3, -0.25) is 19.4 Å². The zero-order chi connectivity index (χ0) is 15.9. The number of hydrogen-bond acceptors (Lipinski definition) is 4. The molecule has 21 heavy (non-hydrogen) atoms. The molecule has 1 fully saturated rings. The molecule has 0 saturated carbocycles. The van der Waals surface area contributed by atoms with E-state index in [4.69, 9.17) is 28.7 Å². The molecule has 0 bridgehead atoms. The minimum absolute atomic E-state index is 0.194. The van der Waals surface area contributed by atoms with Gasteiger partial charge in [-0.15, -0.1) is 0 Å². The highest BCUT2D eigenvalue weighted by Crippen LogP contribution is 2.07. The third-order valence-electron chi connectivity index (χ3n) is 2.96. The highest BCUT2D eigenvalue weighted by atomic mass is 32.3. The van der Waals surface area contributed by atoms with Crippen LogP contribution in [0.3, 0.4) is 0 Å². The number of hydrogen-bond donors (Lipinski definition) is 4. The SMILES string of the molecule is N=C(N)N1CCN(Cc2ccccc2)CC1.O=S(=O)(O)O. The summed E-state index contributed by atoms with van der Waals surface area (Å²) in [7, 11) is -4.67. The van der Waals surface area contributed by atoms with Crippen molar-refractivity contribution >= 4 is 16.4 Å². The summed E-state index contributed by atoms with van der Waals surface area (Å²) in [6, 6.07) is 10.5. The van der Waals surface area contributed by atoms with E-state index >= 15 is 0 Å². The van der Waals surface area contributed by atoms with Crippen LogP contribution in [-0.4, -0.2) is 59.5 Å². The summed E-state index contributed by atoms with van der Waals surface area (Å²) in [6.07, 6.45) is 0. The molecule has 1 aromatic rings. The van der Waals surface area contributed by atoms with Crippen molar-refractivity contribution in [1.29, 1.82) is 5.41 Å². The summed E-state index contributed by atoms with van der Waals surface area (Å²) in [5.41, 5.74) is 6.80. The summed E-state index contributed by atoms with van der Waals surface area (Å²) in [5.74, 6) is 0.194. The second-order valence-electron chi connectivity index (χ2n) is 4.58. The van der Waals surface area contributed by atoms with Crippen LogP contribution in [0.5, 0.6) is 0 Å². The van der Waals surface area contributed by atoms with Gasteiger partial charge in [-0.2, -0.15) is 8.42 Å². The number of guanidine groups is 1. The van der Waals surface area contributed by atoms with Crippen LogP contribution < -0.4 is 5.73 Å². The molecule has 1 heterocycles. The molecule has 0 unspecified atom stereocenters. The van der Waals surface area contributed by atoms with Crippen molar-refractivity contribution in [3.8, 4) is 0 Å². The molecule has 1 saturated heterocycles. The molecule has 0 amide bonds. The van der Waals surface area contributed by atoms with E-state index in [9.17, 15) is 0 Å². The van der Waals surface area contributed by atoms with Crippen LogP contribution >= 0.6 is 0 Å². The van der Waals surface area contributed by atoms with Crippen molar-refractivity contribution in [2.24, 2.45) is 5.73 Å². The molecule has 0 atom stereocenters. The molecular formula is C12H20N4O4S. The minimum atomic E-state index is -4.67. The lowest BCUT2D eigenvalue weighted by molar-refractivity contribution is 0.174. The third kappa shape index (κ3) is 8.25. The monoisotopic (exact) mass is 316 g/mol. The van der Waals surface area contributed by atoms with Crippen LogP contribution in [-0.2, 0) is 16.9 Å². The van der Waals surface area contributed by atoms with Gasteiger partial charge in [0.1, 0.15) is 0 Å². The molecule has 0 spiro atoms. The molecule has 8 nitrogen and oxygen atoms in total. The summed E-state index contributed by atoms with van der Waals surface area (Å²) >= 11 is 0. The molecule has 1 aliphatic rings. The van der Waals surface area contributed by atoms with Crippen molar-refractivity contribution in [3.05, 3.63) is 35.9 Å². The molecule has 0 aliphatic carbocycles. The van der Waals surface area contributed by atoms with E-state index in [1.807, 2.05) is 11.0 Å². The molecule has 0 radical (unpaired) electrons. The Hall–Kier alpha value is -1.68. The standard InChI is InChI=1S/C12H18N4.H2O4S/c13-12(14)16-8-6-15(7-9-16)10-11-4-2-1-3-5-11;1-5(2,3)4/h1-5H,6-10H2,(H3,13,14);(H2,1,2,3,4). The Bertz CT molecular complexity index is 534. The number of piperazine rings is 1. The van der Waals surface area contributed by atoms with Gasteiger partial charge in [0, 0.05) is 32.7 Å².